The minimum Gasteiger partial charge on any atom is -0.444 e. The Morgan fingerprint density at radius 2 is 1.90 bits per heavy atom. The van der Waals surface area contributed by atoms with Crippen molar-refractivity contribution in [1.82, 2.24) is 5.32 Å². The Bertz CT molecular complexity index is 460. The number of amides is 1. The number of benzene rings is 1. The molecule has 0 aromatic heterocycles. The summed E-state index contributed by atoms with van der Waals surface area (Å²) in [5.74, 6) is 0.502. The van der Waals surface area contributed by atoms with E-state index in [1.165, 1.54) is 5.56 Å². The average Bonchev–Trinajstić information content (AvgIpc) is 2.38. The first-order valence-corrected chi connectivity index (χ1v) is 7.25. The van der Waals surface area contributed by atoms with Gasteiger partial charge in [-0.15, -0.1) is 0 Å². The normalized spacial score (nSPS) is 16.8. The van der Waals surface area contributed by atoms with Gasteiger partial charge >= 0.3 is 6.09 Å². The zero-order valence-corrected chi connectivity index (χ0v) is 12.5. The van der Waals surface area contributed by atoms with Gasteiger partial charge < -0.3 is 10.1 Å². The number of carbonyl (C=O) groups is 1. The highest BCUT2D eigenvalue weighted by atomic mass is 16.6. The van der Waals surface area contributed by atoms with Gasteiger partial charge in [0.2, 0.25) is 0 Å². The van der Waals surface area contributed by atoms with Crippen LogP contribution in [-0.2, 0) is 4.74 Å². The molecule has 0 unspecified atom stereocenters. The Kier molecular flexibility index (Phi) is 4.65. The summed E-state index contributed by atoms with van der Waals surface area (Å²) in [4.78, 5) is 11.9. The average molecular weight is 276 g/mol. The van der Waals surface area contributed by atoms with Gasteiger partial charge in [0.1, 0.15) is 5.60 Å². The molecular weight excluding hydrogens is 252 g/mol. The van der Waals surface area contributed by atoms with Crippen LogP contribution in [0.1, 0.15) is 45.1 Å². The van der Waals surface area contributed by atoms with Crippen LogP contribution in [0.5, 0.6) is 0 Å². The Hall–Kier alpha value is -1.55. The molecule has 0 radical (unpaired) electrons. The lowest BCUT2D eigenvalue weighted by molar-refractivity contribution is 0.0635. The second-order valence-corrected chi connectivity index (χ2v) is 6.24. The van der Waals surface area contributed by atoms with Crippen molar-refractivity contribution in [3.63, 3.8) is 0 Å². The smallest absolute Gasteiger partial charge is 0.412 e. The van der Waals surface area contributed by atoms with Gasteiger partial charge in [-0.1, -0.05) is 18.2 Å². The van der Waals surface area contributed by atoms with Gasteiger partial charge in [0, 0.05) is 5.69 Å². The van der Waals surface area contributed by atoms with Gasteiger partial charge in [-0.2, -0.15) is 0 Å². The van der Waals surface area contributed by atoms with Gasteiger partial charge in [0.25, 0.3) is 0 Å². The van der Waals surface area contributed by atoms with Crippen molar-refractivity contribution < 1.29 is 9.53 Å². The third kappa shape index (κ3) is 4.23. The topological polar surface area (TPSA) is 50.4 Å². The van der Waals surface area contributed by atoms with Crippen molar-refractivity contribution in [1.29, 1.82) is 0 Å². The molecule has 1 heterocycles. The van der Waals surface area contributed by atoms with E-state index in [1.54, 1.807) is 0 Å². The standard InChI is InChI=1S/C16H24N2O2/c1-16(2,3)20-15(19)18-14-7-5-4-6-13(14)12-8-10-17-11-9-12/h4-7,12,17H,8-11H2,1-3H3,(H,18,19). The van der Waals surface area contributed by atoms with Gasteiger partial charge in [0.05, 0.1) is 0 Å². The number of ether oxygens (including phenoxy) is 1. The zero-order chi connectivity index (χ0) is 14.6. The molecule has 4 heteroatoms. The van der Waals surface area contributed by atoms with Crippen molar-refractivity contribution in [2.24, 2.45) is 0 Å². The summed E-state index contributed by atoms with van der Waals surface area (Å²) in [5, 5.41) is 6.25. The molecule has 1 aromatic carbocycles. The number of carbonyl (C=O) groups excluding carboxylic acids is 1. The molecule has 0 spiro atoms. The van der Waals surface area contributed by atoms with Crippen LogP contribution in [0.25, 0.3) is 0 Å². The molecular formula is C16H24N2O2. The Morgan fingerprint density at radius 1 is 1.25 bits per heavy atom. The van der Waals surface area contributed by atoms with E-state index in [4.69, 9.17) is 4.74 Å². The highest BCUT2D eigenvalue weighted by Crippen LogP contribution is 2.31. The maximum Gasteiger partial charge on any atom is 0.412 e. The van der Waals surface area contributed by atoms with E-state index in [0.717, 1.165) is 31.6 Å². The Labute approximate surface area is 120 Å². The summed E-state index contributed by atoms with van der Waals surface area (Å²) in [7, 11) is 0. The summed E-state index contributed by atoms with van der Waals surface area (Å²) in [6, 6.07) is 8.01. The highest BCUT2D eigenvalue weighted by Gasteiger charge is 2.21. The number of hydrogen-bond donors (Lipinski definition) is 2. The van der Waals surface area contributed by atoms with Crippen LogP contribution < -0.4 is 10.6 Å². The number of anilines is 1. The Balaban J connectivity index is 2.09. The van der Waals surface area contributed by atoms with E-state index in [9.17, 15) is 4.79 Å². The maximum absolute atomic E-state index is 11.9. The third-order valence-electron chi connectivity index (χ3n) is 3.38. The largest absolute Gasteiger partial charge is 0.444 e. The van der Waals surface area contributed by atoms with E-state index < -0.39 is 5.60 Å². The summed E-state index contributed by atoms with van der Waals surface area (Å²) < 4.78 is 5.32. The molecule has 110 valence electrons. The summed E-state index contributed by atoms with van der Waals surface area (Å²) in [5.41, 5.74) is 1.60. The summed E-state index contributed by atoms with van der Waals surface area (Å²) >= 11 is 0. The second-order valence-electron chi connectivity index (χ2n) is 6.24. The molecule has 20 heavy (non-hydrogen) atoms. The first-order chi connectivity index (χ1) is 9.46. The molecule has 2 N–H and O–H groups in total. The van der Waals surface area contributed by atoms with E-state index in [0.29, 0.717) is 5.92 Å². The van der Waals surface area contributed by atoms with E-state index in [2.05, 4.69) is 16.7 Å². The zero-order valence-electron chi connectivity index (χ0n) is 12.5. The minimum absolute atomic E-state index is 0.390. The van der Waals surface area contributed by atoms with Crippen LogP contribution >= 0.6 is 0 Å². The van der Waals surface area contributed by atoms with Gasteiger partial charge in [-0.25, -0.2) is 4.79 Å². The summed E-state index contributed by atoms with van der Waals surface area (Å²) in [6.45, 7) is 7.67. The predicted octanol–water partition coefficient (Wildman–Crippen LogP) is 3.50. The van der Waals surface area contributed by atoms with Crippen LogP contribution in [0.4, 0.5) is 10.5 Å². The molecule has 0 aliphatic carbocycles. The van der Waals surface area contributed by atoms with E-state index in [-0.39, 0.29) is 6.09 Å². The van der Waals surface area contributed by atoms with Gasteiger partial charge in [0.15, 0.2) is 0 Å². The molecule has 0 bridgehead atoms. The molecule has 1 saturated heterocycles. The quantitative estimate of drug-likeness (QED) is 0.869. The first kappa shape index (κ1) is 14.9. The fourth-order valence-electron chi connectivity index (χ4n) is 2.51. The van der Waals surface area contributed by atoms with Crippen LogP contribution in [-0.4, -0.2) is 24.8 Å². The van der Waals surface area contributed by atoms with Crippen LogP contribution in [0.3, 0.4) is 0 Å². The van der Waals surface area contributed by atoms with Crippen LogP contribution in [0, 0.1) is 0 Å². The maximum atomic E-state index is 11.9. The fraction of sp³-hybridized carbons (Fsp3) is 0.562. The van der Waals surface area contributed by atoms with Crippen molar-refractivity contribution in [3.8, 4) is 0 Å². The molecule has 1 fully saturated rings. The predicted molar refractivity (Wildman–Crippen MR) is 81.1 cm³/mol. The van der Waals surface area contributed by atoms with Gasteiger partial charge in [-0.3, -0.25) is 5.32 Å². The molecule has 1 aliphatic rings. The van der Waals surface area contributed by atoms with Crippen molar-refractivity contribution in [2.45, 2.75) is 45.1 Å². The van der Waals surface area contributed by atoms with E-state index >= 15 is 0 Å². The molecule has 0 atom stereocenters. The molecule has 1 amide bonds. The molecule has 1 aromatic rings. The monoisotopic (exact) mass is 276 g/mol. The highest BCUT2D eigenvalue weighted by molar-refractivity contribution is 5.86. The molecule has 1 aliphatic heterocycles. The lowest BCUT2D eigenvalue weighted by Gasteiger charge is -2.26. The van der Waals surface area contributed by atoms with Crippen LogP contribution in [0.15, 0.2) is 24.3 Å². The van der Waals surface area contributed by atoms with Crippen molar-refractivity contribution in [2.75, 3.05) is 18.4 Å². The molecule has 2 rings (SSSR count). The lowest BCUT2D eigenvalue weighted by Crippen LogP contribution is -2.29. The first-order valence-electron chi connectivity index (χ1n) is 7.25. The number of hydrogen-bond acceptors (Lipinski definition) is 3. The second kappa shape index (κ2) is 6.27. The summed E-state index contributed by atoms with van der Waals surface area (Å²) in [6.07, 6.45) is 1.82. The number of para-hydroxylation sites is 1. The fourth-order valence-corrected chi connectivity index (χ4v) is 2.51. The molecule has 0 saturated carbocycles. The van der Waals surface area contributed by atoms with Gasteiger partial charge in [-0.05, 0) is 64.3 Å². The lowest BCUT2D eigenvalue weighted by atomic mass is 9.89. The number of nitrogens with one attached hydrogen (secondary N) is 2. The number of piperidine rings is 1. The third-order valence-corrected chi connectivity index (χ3v) is 3.38. The Morgan fingerprint density at radius 3 is 2.55 bits per heavy atom. The number of rotatable bonds is 2. The SMILES string of the molecule is CC(C)(C)OC(=O)Nc1ccccc1C1CCNCC1. The van der Waals surface area contributed by atoms with Crippen molar-refractivity contribution in [3.05, 3.63) is 29.8 Å². The van der Waals surface area contributed by atoms with Crippen molar-refractivity contribution >= 4 is 11.8 Å². The minimum atomic E-state index is -0.478. The van der Waals surface area contributed by atoms with Crippen LogP contribution in [0.2, 0.25) is 0 Å². The van der Waals surface area contributed by atoms with E-state index in [1.807, 2.05) is 39.0 Å². The molecule has 4 nitrogen and oxygen atoms in total.